The van der Waals surface area contributed by atoms with E-state index in [4.69, 9.17) is 4.74 Å². The number of hydrogen-bond donors (Lipinski definition) is 1. The first-order valence-corrected chi connectivity index (χ1v) is 5.59. The molecule has 1 rings (SSSR count). The van der Waals surface area contributed by atoms with Crippen LogP contribution in [0.4, 0.5) is 0 Å². The maximum absolute atomic E-state index is 5.23. The van der Waals surface area contributed by atoms with Crippen molar-refractivity contribution in [3.8, 4) is 0 Å². The zero-order valence-electron chi connectivity index (χ0n) is 10.2. The van der Waals surface area contributed by atoms with E-state index in [0.29, 0.717) is 6.04 Å². The van der Waals surface area contributed by atoms with Crippen LogP contribution < -0.4 is 5.32 Å². The van der Waals surface area contributed by atoms with Crippen LogP contribution in [0.2, 0.25) is 0 Å². The lowest BCUT2D eigenvalue weighted by Gasteiger charge is -2.11. The lowest BCUT2D eigenvalue weighted by atomic mass is 10.2. The van der Waals surface area contributed by atoms with Crippen LogP contribution in [0, 0.1) is 0 Å². The van der Waals surface area contributed by atoms with Gasteiger partial charge in [0.2, 0.25) is 0 Å². The Morgan fingerprint density at radius 2 is 2.20 bits per heavy atom. The summed E-state index contributed by atoms with van der Waals surface area (Å²) in [5.74, 6) is 0. The summed E-state index contributed by atoms with van der Waals surface area (Å²) in [5, 5.41) is 3.40. The molecule has 1 heterocycles. The van der Waals surface area contributed by atoms with Gasteiger partial charge in [0.1, 0.15) is 0 Å². The van der Waals surface area contributed by atoms with Crippen molar-refractivity contribution in [2.75, 3.05) is 13.7 Å². The highest BCUT2D eigenvalue weighted by Crippen LogP contribution is 2.12. The van der Waals surface area contributed by atoms with E-state index in [1.807, 2.05) is 0 Å². The van der Waals surface area contributed by atoms with E-state index >= 15 is 0 Å². The van der Waals surface area contributed by atoms with E-state index < -0.39 is 0 Å². The summed E-state index contributed by atoms with van der Waals surface area (Å²) in [6.45, 7) is 8.30. The Labute approximate surface area is 92.4 Å². The monoisotopic (exact) mass is 210 g/mol. The second-order valence-electron chi connectivity index (χ2n) is 3.97. The van der Waals surface area contributed by atoms with E-state index in [1.165, 1.54) is 5.56 Å². The molecular weight excluding hydrogens is 188 g/mol. The maximum atomic E-state index is 5.23. The third-order valence-electron chi connectivity index (χ3n) is 2.65. The smallest absolute Gasteiger partial charge is 0.0721 e. The molecule has 15 heavy (non-hydrogen) atoms. The fraction of sp³-hybridized carbons (Fsp3) is 0.667. The largest absolute Gasteiger partial charge is 0.380 e. The Balaban J connectivity index is 2.55. The maximum Gasteiger partial charge on any atom is 0.0721 e. The molecule has 1 aromatic rings. The molecule has 3 heteroatoms. The molecule has 0 aromatic carbocycles. The summed E-state index contributed by atoms with van der Waals surface area (Å²) >= 11 is 0. The van der Waals surface area contributed by atoms with Crippen molar-refractivity contribution in [1.29, 1.82) is 0 Å². The fourth-order valence-corrected chi connectivity index (χ4v) is 1.62. The molecule has 0 aliphatic carbocycles. The number of methoxy groups -OCH3 is 1. The van der Waals surface area contributed by atoms with Crippen LogP contribution in [-0.4, -0.2) is 24.3 Å². The Hall–Kier alpha value is -0.800. The van der Waals surface area contributed by atoms with Gasteiger partial charge in [-0.2, -0.15) is 0 Å². The molecule has 0 bridgehead atoms. The molecule has 0 fully saturated rings. The summed E-state index contributed by atoms with van der Waals surface area (Å²) in [4.78, 5) is 0. The highest BCUT2D eigenvalue weighted by atomic mass is 16.5. The molecule has 2 atom stereocenters. The molecule has 0 saturated carbocycles. The molecule has 0 radical (unpaired) electrons. The van der Waals surface area contributed by atoms with E-state index in [9.17, 15) is 0 Å². The van der Waals surface area contributed by atoms with Gasteiger partial charge in [-0.3, -0.25) is 0 Å². The van der Waals surface area contributed by atoms with Gasteiger partial charge in [-0.1, -0.05) is 6.92 Å². The van der Waals surface area contributed by atoms with Crippen molar-refractivity contribution < 1.29 is 4.74 Å². The molecule has 0 aliphatic heterocycles. The van der Waals surface area contributed by atoms with Crippen LogP contribution >= 0.6 is 0 Å². The quantitative estimate of drug-likeness (QED) is 0.779. The highest BCUT2D eigenvalue weighted by Gasteiger charge is 2.06. The summed E-state index contributed by atoms with van der Waals surface area (Å²) in [7, 11) is 1.75. The van der Waals surface area contributed by atoms with Gasteiger partial charge in [0, 0.05) is 32.1 Å². The van der Waals surface area contributed by atoms with Crippen molar-refractivity contribution in [1.82, 2.24) is 9.88 Å². The molecule has 3 nitrogen and oxygen atoms in total. The predicted octanol–water partition coefficient (Wildman–Crippen LogP) is 2.19. The first kappa shape index (κ1) is 12.3. The average molecular weight is 210 g/mol. The van der Waals surface area contributed by atoms with E-state index in [2.05, 4.69) is 49.1 Å². The number of nitrogens with zero attached hydrogens (tertiary/aromatic N) is 1. The third kappa shape index (κ3) is 3.68. The first-order chi connectivity index (χ1) is 7.17. The third-order valence-corrected chi connectivity index (χ3v) is 2.65. The zero-order valence-corrected chi connectivity index (χ0v) is 10.2. The topological polar surface area (TPSA) is 26.2 Å². The lowest BCUT2D eigenvalue weighted by molar-refractivity contribution is 0.103. The minimum atomic E-state index is 0.264. The Bertz CT molecular complexity index is 283. The molecule has 0 spiro atoms. The number of aromatic nitrogens is 1. The van der Waals surface area contributed by atoms with Crippen LogP contribution in [0.5, 0.6) is 0 Å². The molecule has 0 saturated heterocycles. The Morgan fingerprint density at radius 1 is 1.47 bits per heavy atom. The van der Waals surface area contributed by atoms with Crippen molar-refractivity contribution in [3.05, 3.63) is 24.0 Å². The standard InChI is InChI=1S/C12H22N2O/c1-5-13-11(3)12-6-7-14(9-12)8-10(2)15-4/h6-7,9-11,13H,5,8H2,1-4H3. The van der Waals surface area contributed by atoms with Crippen LogP contribution in [0.25, 0.3) is 0 Å². The minimum absolute atomic E-state index is 0.264. The molecule has 1 N–H and O–H groups in total. The number of ether oxygens (including phenoxy) is 1. The average Bonchev–Trinajstić information content (AvgIpc) is 2.66. The number of nitrogens with one attached hydrogen (secondary N) is 1. The second kappa shape index (κ2) is 5.93. The first-order valence-electron chi connectivity index (χ1n) is 5.59. The minimum Gasteiger partial charge on any atom is -0.380 e. The van der Waals surface area contributed by atoms with E-state index in [-0.39, 0.29) is 6.10 Å². The van der Waals surface area contributed by atoms with Crippen molar-refractivity contribution in [2.24, 2.45) is 0 Å². The molecule has 0 amide bonds. The summed E-state index contributed by atoms with van der Waals surface area (Å²) < 4.78 is 7.41. The zero-order chi connectivity index (χ0) is 11.3. The van der Waals surface area contributed by atoms with Gasteiger partial charge in [-0.25, -0.2) is 0 Å². The predicted molar refractivity (Wildman–Crippen MR) is 63.0 cm³/mol. The lowest BCUT2D eigenvalue weighted by Crippen LogP contribution is -2.17. The fourth-order valence-electron chi connectivity index (χ4n) is 1.62. The molecule has 86 valence electrons. The van der Waals surface area contributed by atoms with Gasteiger partial charge in [0.15, 0.2) is 0 Å². The van der Waals surface area contributed by atoms with Crippen molar-refractivity contribution in [3.63, 3.8) is 0 Å². The number of rotatable bonds is 6. The van der Waals surface area contributed by atoms with Gasteiger partial charge in [-0.05, 0) is 32.0 Å². The summed E-state index contributed by atoms with van der Waals surface area (Å²) in [5.41, 5.74) is 1.33. The van der Waals surface area contributed by atoms with Crippen LogP contribution in [0.1, 0.15) is 32.4 Å². The second-order valence-corrected chi connectivity index (χ2v) is 3.97. The molecule has 1 aromatic heterocycles. The van der Waals surface area contributed by atoms with Crippen LogP contribution in [0.15, 0.2) is 18.5 Å². The van der Waals surface area contributed by atoms with Gasteiger partial charge >= 0.3 is 0 Å². The SMILES string of the molecule is CCNC(C)c1ccn(CC(C)OC)c1. The van der Waals surface area contributed by atoms with Crippen molar-refractivity contribution >= 4 is 0 Å². The number of hydrogen-bond acceptors (Lipinski definition) is 2. The summed E-state index contributed by atoms with van der Waals surface area (Å²) in [6.07, 6.45) is 4.56. The summed E-state index contributed by atoms with van der Waals surface area (Å²) in [6, 6.07) is 2.59. The van der Waals surface area contributed by atoms with Crippen molar-refractivity contribution in [2.45, 2.75) is 39.5 Å². The Kier molecular flexibility index (Phi) is 4.85. The van der Waals surface area contributed by atoms with Crippen LogP contribution in [-0.2, 0) is 11.3 Å². The molecule has 2 unspecified atom stereocenters. The van der Waals surface area contributed by atoms with E-state index in [1.54, 1.807) is 7.11 Å². The van der Waals surface area contributed by atoms with Gasteiger partial charge < -0.3 is 14.6 Å². The molecular formula is C12H22N2O. The molecule has 0 aliphatic rings. The van der Waals surface area contributed by atoms with E-state index in [0.717, 1.165) is 13.1 Å². The van der Waals surface area contributed by atoms with Gasteiger partial charge in [-0.15, -0.1) is 0 Å². The Morgan fingerprint density at radius 3 is 2.80 bits per heavy atom. The van der Waals surface area contributed by atoms with Gasteiger partial charge in [0.05, 0.1) is 6.10 Å². The van der Waals surface area contributed by atoms with Gasteiger partial charge in [0.25, 0.3) is 0 Å². The highest BCUT2D eigenvalue weighted by molar-refractivity contribution is 5.14. The van der Waals surface area contributed by atoms with Crippen LogP contribution in [0.3, 0.4) is 0 Å². The normalized spacial score (nSPS) is 15.2.